The lowest BCUT2D eigenvalue weighted by molar-refractivity contribution is -0.123. The summed E-state index contributed by atoms with van der Waals surface area (Å²) in [7, 11) is 0. The van der Waals surface area contributed by atoms with Crippen molar-refractivity contribution in [3.63, 3.8) is 0 Å². The number of hydrogen-bond donors (Lipinski definition) is 1. The molecule has 102 valence electrons. The SMILES string of the molecule is CCCC(C)NC(=O)CN1CCC(C)(C#N)CC1. The van der Waals surface area contributed by atoms with E-state index >= 15 is 0 Å². The predicted octanol–water partition coefficient (Wildman–Crippen LogP) is 1.92. The number of piperidine rings is 1. The van der Waals surface area contributed by atoms with Gasteiger partial charge < -0.3 is 5.32 Å². The molecule has 4 heteroatoms. The summed E-state index contributed by atoms with van der Waals surface area (Å²) in [6, 6.07) is 2.64. The van der Waals surface area contributed by atoms with E-state index in [1.807, 2.05) is 13.8 Å². The van der Waals surface area contributed by atoms with E-state index in [-0.39, 0.29) is 17.4 Å². The van der Waals surface area contributed by atoms with Gasteiger partial charge in [0.15, 0.2) is 0 Å². The van der Waals surface area contributed by atoms with Gasteiger partial charge in [-0.3, -0.25) is 9.69 Å². The van der Waals surface area contributed by atoms with Gasteiger partial charge in [-0.05, 0) is 33.1 Å². The second-order valence-electron chi connectivity index (χ2n) is 5.71. The van der Waals surface area contributed by atoms with E-state index in [4.69, 9.17) is 5.26 Å². The van der Waals surface area contributed by atoms with Crippen molar-refractivity contribution in [3.8, 4) is 6.07 Å². The van der Waals surface area contributed by atoms with Crippen molar-refractivity contribution in [1.82, 2.24) is 10.2 Å². The molecule has 1 fully saturated rings. The van der Waals surface area contributed by atoms with Crippen LogP contribution < -0.4 is 5.32 Å². The Morgan fingerprint density at radius 2 is 2.11 bits per heavy atom. The average molecular weight is 251 g/mol. The molecule has 0 aliphatic carbocycles. The van der Waals surface area contributed by atoms with E-state index in [1.165, 1.54) is 0 Å². The number of carbonyl (C=O) groups is 1. The average Bonchev–Trinajstić information content (AvgIpc) is 2.32. The molecule has 1 rings (SSSR count). The number of rotatable bonds is 5. The second-order valence-corrected chi connectivity index (χ2v) is 5.71. The molecule has 1 aliphatic heterocycles. The maximum absolute atomic E-state index is 11.8. The normalized spacial score (nSPS) is 21.0. The van der Waals surface area contributed by atoms with Crippen molar-refractivity contribution >= 4 is 5.91 Å². The largest absolute Gasteiger partial charge is 0.353 e. The van der Waals surface area contributed by atoms with E-state index in [0.29, 0.717) is 6.54 Å². The maximum atomic E-state index is 11.8. The van der Waals surface area contributed by atoms with Gasteiger partial charge in [-0.25, -0.2) is 0 Å². The van der Waals surface area contributed by atoms with Crippen molar-refractivity contribution in [1.29, 1.82) is 5.26 Å². The monoisotopic (exact) mass is 251 g/mol. The number of nitrogens with zero attached hydrogens (tertiary/aromatic N) is 2. The van der Waals surface area contributed by atoms with Crippen LogP contribution in [-0.2, 0) is 4.79 Å². The zero-order valence-electron chi connectivity index (χ0n) is 11.8. The van der Waals surface area contributed by atoms with Crippen LogP contribution in [0.1, 0.15) is 46.5 Å². The first-order valence-electron chi connectivity index (χ1n) is 6.92. The highest BCUT2D eigenvalue weighted by atomic mass is 16.2. The molecule has 0 aromatic carbocycles. The third kappa shape index (κ3) is 4.66. The van der Waals surface area contributed by atoms with E-state index in [1.54, 1.807) is 0 Å². The summed E-state index contributed by atoms with van der Waals surface area (Å²) in [5, 5.41) is 12.1. The lowest BCUT2D eigenvalue weighted by atomic mass is 9.82. The molecule has 0 bridgehead atoms. The lowest BCUT2D eigenvalue weighted by Gasteiger charge is -2.34. The molecule has 0 aromatic heterocycles. The van der Waals surface area contributed by atoms with Crippen LogP contribution in [0.4, 0.5) is 0 Å². The summed E-state index contributed by atoms with van der Waals surface area (Å²) in [4.78, 5) is 14.0. The van der Waals surface area contributed by atoms with Crippen LogP contribution in [0.25, 0.3) is 0 Å². The lowest BCUT2D eigenvalue weighted by Crippen LogP contribution is -2.45. The quantitative estimate of drug-likeness (QED) is 0.812. The molecule has 1 atom stereocenters. The minimum atomic E-state index is -0.192. The molecule has 4 nitrogen and oxygen atoms in total. The zero-order valence-corrected chi connectivity index (χ0v) is 11.8. The highest BCUT2D eigenvalue weighted by Gasteiger charge is 2.30. The molecule has 1 aliphatic rings. The number of amides is 1. The molecular weight excluding hydrogens is 226 g/mol. The van der Waals surface area contributed by atoms with Gasteiger partial charge in [0, 0.05) is 19.1 Å². The molecule has 18 heavy (non-hydrogen) atoms. The molecule has 0 aromatic rings. The topological polar surface area (TPSA) is 56.1 Å². The standard InChI is InChI=1S/C14H25N3O/c1-4-5-12(2)16-13(18)10-17-8-6-14(3,11-15)7-9-17/h12H,4-10H2,1-3H3,(H,16,18). The first kappa shape index (κ1) is 15.0. The Morgan fingerprint density at radius 3 is 2.61 bits per heavy atom. The van der Waals surface area contributed by atoms with Crippen LogP contribution >= 0.6 is 0 Å². The number of nitriles is 1. The first-order valence-corrected chi connectivity index (χ1v) is 6.92. The summed E-state index contributed by atoms with van der Waals surface area (Å²) in [5.74, 6) is 0.108. The Balaban J connectivity index is 2.29. The molecule has 1 saturated heterocycles. The Kier molecular flexibility index (Phi) is 5.61. The van der Waals surface area contributed by atoms with Crippen molar-refractivity contribution in [2.75, 3.05) is 19.6 Å². The van der Waals surface area contributed by atoms with Gasteiger partial charge in [0.05, 0.1) is 18.0 Å². The van der Waals surface area contributed by atoms with Gasteiger partial charge >= 0.3 is 0 Å². The fourth-order valence-electron chi connectivity index (χ4n) is 2.35. The molecule has 1 N–H and O–H groups in total. The van der Waals surface area contributed by atoms with Crippen LogP contribution in [0.2, 0.25) is 0 Å². The summed E-state index contributed by atoms with van der Waals surface area (Å²) in [5.41, 5.74) is -0.192. The summed E-state index contributed by atoms with van der Waals surface area (Å²) >= 11 is 0. The van der Waals surface area contributed by atoms with Gasteiger partial charge in [0.2, 0.25) is 5.91 Å². The zero-order chi connectivity index (χ0) is 13.6. The van der Waals surface area contributed by atoms with Crippen molar-refractivity contribution in [2.24, 2.45) is 5.41 Å². The third-order valence-corrected chi connectivity index (χ3v) is 3.73. The van der Waals surface area contributed by atoms with Crippen LogP contribution in [0.15, 0.2) is 0 Å². The number of carbonyl (C=O) groups excluding carboxylic acids is 1. The third-order valence-electron chi connectivity index (χ3n) is 3.73. The molecule has 0 saturated carbocycles. The van der Waals surface area contributed by atoms with E-state index in [2.05, 4.69) is 23.2 Å². The highest BCUT2D eigenvalue weighted by Crippen LogP contribution is 2.29. The summed E-state index contributed by atoms with van der Waals surface area (Å²) in [6.45, 7) is 8.34. The van der Waals surface area contributed by atoms with Crippen molar-refractivity contribution < 1.29 is 4.79 Å². The van der Waals surface area contributed by atoms with Crippen LogP contribution in [0, 0.1) is 16.7 Å². The van der Waals surface area contributed by atoms with Gasteiger partial charge in [-0.1, -0.05) is 13.3 Å². The van der Waals surface area contributed by atoms with E-state index in [0.717, 1.165) is 38.8 Å². The molecule has 1 unspecified atom stereocenters. The number of nitrogens with one attached hydrogen (secondary N) is 1. The smallest absolute Gasteiger partial charge is 0.234 e. The Morgan fingerprint density at radius 1 is 1.50 bits per heavy atom. The van der Waals surface area contributed by atoms with E-state index in [9.17, 15) is 4.79 Å². The minimum Gasteiger partial charge on any atom is -0.353 e. The van der Waals surface area contributed by atoms with Gasteiger partial charge in [0.25, 0.3) is 0 Å². The Labute approximate surface area is 110 Å². The minimum absolute atomic E-state index is 0.108. The fourth-order valence-corrected chi connectivity index (χ4v) is 2.35. The summed E-state index contributed by atoms with van der Waals surface area (Å²) in [6.07, 6.45) is 3.84. The van der Waals surface area contributed by atoms with Crippen molar-refractivity contribution in [2.45, 2.75) is 52.5 Å². The molecule has 1 heterocycles. The van der Waals surface area contributed by atoms with Gasteiger partial charge in [-0.2, -0.15) is 5.26 Å². The van der Waals surface area contributed by atoms with Gasteiger partial charge in [0.1, 0.15) is 0 Å². The first-order chi connectivity index (χ1) is 8.49. The predicted molar refractivity (Wildman–Crippen MR) is 71.9 cm³/mol. The molecule has 0 spiro atoms. The second kappa shape index (κ2) is 6.75. The van der Waals surface area contributed by atoms with Crippen LogP contribution in [0.5, 0.6) is 0 Å². The van der Waals surface area contributed by atoms with Crippen molar-refractivity contribution in [3.05, 3.63) is 0 Å². The number of hydrogen-bond acceptors (Lipinski definition) is 3. The number of likely N-dealkylation sites (tertiary alicyclic amines) is 1. The molecular formula is C14H25N3O. The summed E-state index contributed by atoms with van der Waals surface area (Å²) < 4.78 is 0. The maximum Gasteiger partial charge on any atom is 0.234 e. The molecule has 0 radical (unpaired) electrons. The van der Waals surface area contributed by atoms with Gasteiger partial charge in [-0.15, -0.1) is 0 Å². The van der Waals surface area contributed by atoms with Crippen LogP contribution in [0.3, 0.4) is 0 Å². The highest BCUT2D eigenvalue weighted by molar-refractivity contribution is 5.78. The van der Waals surface area contributed by atoms with E-state index < -0.39 is 0 Å². The Hall–Kier alpha value is -1.08. The molecule has 1 amide bonds. The van der Waals surface area contributed by atoms with Crippen LogP contribution in [-0.4, -0.2) is 36.5 Å². The Bertz CT molecular complexity index is 313. The fraction of sp³-hybridized carbons (Fsp3) is 0.857.